The molecular formula is C13H12O5S. The van der Waals surface area contributed by atoms with Crippen LogP contribution >= 0.6 is 0 Å². The Balaban J connectivity index is 2.70. The summed E-state index contributed by atoms with van der Waals surface area (Å²) < 4.78 is 35.9. The van der Waals surface area contributed by atoms with E-state index in [-0.39, 0.29) is 11.1 Å². The van der Waals surface area contributed by atoms with Gasteiger partial charge < -0.3 is 4.74 Å². The van der Waals surface area contributed by atoms with Crippen molar-refractivity contribution < 1.29 is 22.5 Å². The lowest BCUT2D eigenvalue weighted by Gasteiger charge is -2.08. The van der Waals surface area contributed by atoms with Crippen LogP contribution in [0.2, 0.25) is 0 Å². The van der Waals surface area contributed by atoms with Gasteiger partial charge in [-0.25, -0.2) is 0 Å². The Morgan fingerprint density at radius 3 is 2.53 bits per heavy atom. The molecule has 0 saturated heterocycles. The molecule has 19 heavy (non-hydrogen) atoms. The van der Waals surface area contributed by atoms with Crippen LogP contribution < -0.4 is 4.74 Å². The Morgan fingerprint density at radius 1 is 1.26 bits per heavy atom. The van der Waals surface area contributed by atoms with E-state index in [0.29, 0.717) is 17.4 Å². The van der Waals surface area contributed by atoms with Gasteiger partial charge in [0.05, 0.1) is 7.11 Å². The number of carbonyl (C=O) groups is 1. The number of hydrogen-bond donors (Lipinski definition) is 1. The number of hydrogen-bond acceptors (Lipinski definition) is 4. The SMILES string of the molecule is COc1ccc2ccc(CS(=O)(=O)O)c(C=O)c2c1. The van der Waals surface area contributed by atoms with Crippen LogP contribution in [-0.4, -0.2) is 26.4 Å². The number of rotatable bonds is 4. The molecule has 0 amide bonds. The van der Waals surface area contributed by atoms with E-state index in [4.69, 9.17) is 9.29 Å². The Labute approximate surface area is 110 Å². The highest BCUT2D eigenvalue weighted by Crippen LogP contribution is 2.26. The van der Waals surface area contributed by atoms with E-state index in [1.54, 1.807) is 24.3 Å². The molecule has 2 rings (SSSR count). The van der Waals surface area contributed by atoms with E-state index < -0.39 is 15.9 Å². The lowest BCUT2D eigenvalue weighted by Crippen LogP contribution is -2.04. The van der Waals surface area contributed by atoms with Crippen LogP contribution in [0.4, 0.5) is 0 Å². The van der Waals surface area contributed by atoms with E-state index in [1.165, 1.54) is 13.2 Å². The van der Waals surface area contributed by atoms with Crippen molar-refractivity contribution in [1.82, 2.24) is 0 Å². The van der Waals surface area contributed by atoms with Gasteiger partial charge in [-0.1, -0.05) is 18.2 Å². The summed E-state index contributed by atoms with van der Waals surface area (Å²) in [5, 5.41) is 1.39. The molecule has 0 atom stereocenters. The van der Waals surface area contributed by atoms with Crippen LogP contribution in [0.3, 0.4) is 0 Å². The van der Waals surface area contributed by atoms with E-state index >= 15 is 0 Å². The molecule has 0 heterocycles. The second kappa shape index (κ2) is 4.99. The van der Waals surface area contributed by atoms with Crippen LogP contribution in [0.1, 0.15) is 15.9 Å². The molecule has 0 aliphatic carbocycles. The smallest absolute Gasteiger partial charge is 0.269 e. The van der Waals surface area contributed by atoms with Crippen LogP contribution in [0, 0.1) is 0 Å². The molecular weight excluding hydrogens is 268 g/mol. The molecule has 5 nitrogen and oxygen atoms in total. The number of fused-ring (bicyclic) bond motifs is 1. The van der Waals surface area contributed by atoms with Crippen molar-refractivity contribution in [2.75, 3.05) is 7.11 Å². The standard InChI is InChI=1S/C13H12O5S/c1-18-11-5-4-9-2-3-10(8-19(15,16)17)13(7-14)12(9)6-11/h2-7H,8H2,1H3,(H,15,16,17). The number of ether oxygens (including phenoxy) is 1. The van der Waals surface area contributed by atoms with Gasteiger partial charge >= 0.3 is 0 Å². The maximum absolute atomic E-state index is 11.2. The Hall–Kier alpha value is -1.92. The molecule has 2 aromatic rings. The molecule has 6 heteroatoms. The Kier molecular flexibility index (Phi) is 3.55. The molecule has 0 spiro atoms. The van der Waals surface area contributed by atoms with Crippen molar-refractivity contribution in [1.29, 1.82) is 0 Å². The summed E-state index contributed by atoms with van der Waals surface area (Å²) in [6.07, 6.45) is 0.586. The maximum atomic E-state index is 11.2. The average Bonchev–Trinajstić information content (AvgIpc) is 2.36. The minimum atomic E-state index is -4.18. The summed E-state index contributed by atoms with van der Waals surface area (Å²) in [6, 6.07) is 8.40. The maximum Gasteiger partial charge on any atom is 0.269 e. The lowest BCUT2D eigenvalue weighted by molar-refractivity contribution is 0.112. The first-order valence-corrected chi connectivity index (χ1v) is 7.05. The Morgan fingerprint density at radius 2 is 1.95 bits per heavy atom. The van der Waals surface area contributed by atoms with Gasteiger partial charge in [0.1, 0.15) is 11.5 Å². The highest BCUT2D eigenvalue weighted by Gasteiger charge is 2.13. The second-order valence-corrected chi connectivity index (χ2v) is 5.52. The number of benzene rings is 2. The fraction of sp³-hybridized carbons (Fsp3) is 0.154. The molecule has 100 valence electrons. The van der Waals surface area contributed by atoms with Crippen molar-refractivity contribution in [2.24, 2.45) is 0 Å². The zero-order valence-corrected chi connectivity index (χ0v) is 11.0. The molecule has 1 N–H and O–H groups in total. The second-order valence-electron chi connectivity index (χ2n) is 4.07. The van der Waals surface area contributed by atoms with Gasteiger partial charge in [-0.3, -0.25) is 9.35 Å². The van der Waals surface area contributed by atoms with Gasteiger partial charge in [-0.05, 0) is 28.5 Å². The third-order valence-electron chi connectivity index (χ3n) is 2.82. The fourth-order valence-electron chi connectivity index (χ4n) is 1.96. The van der Waals surface area contributed by atoms with Crippen molar-refractivity contribution >= 4 is 27.2 Å². The number of methoxy groups -OCH3 is 1. The minimum absolute atomic E-state index is 0.244. The third-order valence-corrected chi connectivity index (χ3v) is 3.49. The summed E-state index contributed by atoms with van der Waals surface area (Å²) in [4.78, 5) is 11.2. The first-order valence-electron chi connectivity index (χ1n) is 5.44. The van der Waals surface area contributed by atoms with E-state index in [0.717, 1.165) is 5.39 Å². The van der Waals surface area contributed by atoms with Crippen LogP contribution in [0.15, 0.2) is 30.3 Å². The molecule has 0 fully saturated rings. The van der Waals surface area contributed by atoms with Crippen molar-refractivity contribution in [3.63, 3.8) is 0 Å². The van der Waals surface area contributed by atoms with Crippen LogP contribution in [0.25, 0.3) is 10.8 Å². The largest absolute Gasteiger partial charge is 0.497 e. The summed E-state index contributed by atoms with van der Waals surface area (Å²) >= 11 is 0. The van der Waals surface area contributed by atoms with Gasteiger partial charge in [-0.15, -0.1) is 0 Å². The summed E-state index contributed by atoms with van der Waals surface area (Å²) in [5.74, 6) is -0.0200. The molecule has 0 saturated carbocycles. The van der Waals surface area contributed by atoms with Crippen LogP contribution in [-0.2, 0) is 15.9 Å². The van der Waals surface area contributed by atoms with Gasteiger partial charge in [0.25, 0.3) is 10.1 Å². The quantitative estimate of drug-likeness (QED) is 0.684. The van der Waals surface area contributed by atoms with Gasteiger partial charge in [0.2, 0.25) is 0 Å². The third kappa shape index (κ3) is 2.91. The monoisotopic (exact) mass is 280 g/mol. The zero-order chi connectivity index (χ0) is 14.0. The van der Waals surface area contributed by atoms with Gasteiger partial charge in [-0.2, -0.15) is 8.42 Å². The Bertz CT molecular complexity index is 734. The van der Waals surface area contributed by atoms with Gasteiger partial charge in [0.15, 0.2) is 6.29 Å². The van der Waals surface area contributed by atoms with Gasteiger partial charge in [0, 0.05) is 5.56 Å². The fourth-order valence-corrected chi connectivity index (χ4v) is 2.60. The predicted octanol–water partition coefficient (Wildman–Crippen LogP) is 2.05. The molecule has 0 aromatic heterocycles. The minimum Gasteiger partial charge on any atom is -0.497 e. The van der Waals surface area contributed by atoms with Crippen molar-refractivity contribution in [3.05, 3.63) is 41.5 Å². The molecule has 0 radical (unpaired) electrons. The first kappa shape index (κ1) is 13.5. The highest BCUT2D eigenvalue weighted by atomic mass is 32.2. The summed E-state index contributed by atoms with van der Waals surface area (Å²) in [7, 11) is -2.68. The highest BCUT2D eigenvalue weighted by molar-refractivity contribution is 7.85. The molecule has 0 unspecified atom stereocenters. The number of carbonyl (C=O) groups excluding carboxylic acids is 1. The first-order chi connectivity index (χ1) is 8.94. The average molecular weight is 280 g/mol. The van der Waals surface area contributed by atoms with E-state index in [9.17, 15) is 13.2 Å². The summed E-state index contributed by atoms with van der Waals surface area (Å²) in [6.45, 7) is 0. The summed E-state index contributed by atoms with van der Waals surface area (Å²) in [5.41, 5.74) is 0.507. The number of aldehydes is 1. The van der Waals surface area contributed by atoms with E-state index in [2.05, 4.69) is 0 Å². The van der Waals surface area contributed by atoms with E-state index in [1.807, 2.05) is 0 Å². The van der Waals surface area contributed by atoms with Crippen molar-refractivity contribution in [2.45, 2.75) is 5.75 Å². The predicted molar refractivity (Wildman–Crippen MR) is 71.1 cm³/mol. The normalized spacial score (nSPS) is 11.5. The molecule has 0 aliphatic rings. The molecule has 2 aromatic carbocycles. The zero-order valence-electron chi connectivity index (χ0n) is 10.2. The molecule has 0 bridgehead atoms. The topological polar surface area (TPSA) is 80.7 Å². The van der Waals surface area contributed by atoms with Crippen LogP contribution in [0.5, 0.6) is 5.75 Å². The lowest BCUT2D eigenvalue weighted by atomic mass is 10.0. The molecule has 0 aliphatic heterocycles. The van der Waals surface area contributed by atoms with Crippen molar-refractivity contribution in [3.8, 4) is 5.75 Å².